The summed E-state index contributed by atoms with van der Waals surface area (Å²) in [4.78, 5) is 29.7. The van der Waals surface area contributed by atoms with E-state index in [1.165, 1.54) is 16.7 Å². The van der Waals surface area contributed by atoms with Gasteiger partial charge in [0.05, 0.1) is 22.7 Å². The van der Waals surface area contributed by atoms with Crippen LogP contribution in [0, 0.1) is 0 Å². The fourth-order valence-corrected chi connectivity index (χ4v) is 4.93. The lowest BCUT2D eigenvalue weighted by molar-refractivity contribution is -0.122. The maximum Gasteiger partial charge on any atom is 0.266 e. The summed E-state index contributed by atoms with van der Waals surface area (Å²) in [6.07, 6.45) is 0. The summed E-state index contributed by atoms with van der Waals surface area (Å²) in [5.74, 6) is -0.405. The van der Waals surface area contributed by atoms with Gasteiger partial charge in [-0.25, -0.2) is 0 Å². The van der Waals surface area contributed by atoms with Crippen LogP contribution in [0.2, 0.25) is 5.02 Å². The largest absolute Gasteiger partial charge is 0.303 e. The van der Waals surface area contributed by atoms with E-state index in [0.717, 1.165) is 16.8 Å². The minimum absolute atomic E-state index is 0.201. The molecule has 4 nitrogen and oxygen atoms in total. The van der Waals surface area contributed by atoms with E-state index in [1.54, 1.807) is 11.0 Å². The second kappa shape index (κ2) is 7.11. The van der Waals surface area contributed by atoms with Crippen LogP contribution in [0.5, 0.6) is 0 Å². The van der Waals surface area contributed by atoms with Gasteiger partial charge in [0.1, 0.15) is 4.32 Å². The van der Waals surface area contributed by atoms with E-state index in [1.807, 2.05) is 49.4 Å². The summed E-state index contributed by atoms with van der Waals surface area (Å²) >= 11 is 12.8. The number of likely N-dealkylation sites (N-methyl/N-ethyl adjacent to an activating group) is 1. The highest BCUT2D eigenvalue weighted by Crippen LogP contribution is 2.45. The number of thioether (sulfide) groups is 1. The third-order valence-corrected chi connectivity index (χ3v) is 6.42. The van der Waals surface area contributed by atoms with Crippen LogP contribution in [0.15, 0.2) is 53.4 Å². The quantitative estimate of drug-likeness (QED) is 0.548. The SMILES string of the molecule is CCN1C(=O)C(=C2C(=O)N(Cc3ccccc3Cl)c3ccccc32)SC1=S. The van der Waals surface area contributed by atoms with Gasteiger partial charge in [0.15, 0.2) is 0 Å². The number of amides is 2. The molecule has 2 amide bonds. The van der Waals surface area contributed by atoms with Crippen LogP contribution in [-0.2, 0) is 16.1 Å². The van der Waals surface area contributed by atoms with E-state index < -0.39 is 0 Å². The number of nitrogens with zero attached hydrogens (tertiary/aromatic N) is 2. The molecule has 2 aromatic carbocycles. The highest BCUT2D eigenvalue weighted by Gasteiger charge is 2.41. The Balaban J connectivity index is 1.82. The molecule has 0 radical (unpaired) electrons. The average Bonchev–Trinajstić information content (AvgIpc) is 3.10. The second-order valence-corrected chi connectivity index (χ2v) is 8.17. The monoisotopic (exact) mass is 414 g/mol. The van der Waals surface area contributed by atoms with E-state index in [-0.39, 0.29) is 11.8 Å². The average molecular weight is 415 g/mol. The predicted molar refractivity (Wildman–Crippen MR) is 114 cm³/mol. The fraction of sp³-hybridized carbons (Fsp3) is 0.150. The van der Waals surface area contributed by atoms with Gasteiger partial charge in [0.2, 0.25) is 0 Å². The third-order valence-electron chi connectivity index (χ3n) is 4.60. The van der Waals surface area contributed by atoms with Crippen LogP contribution in [0.1, 0.15) is 18.1 Å². The first-order chi connectivity index (χ1) is 13.0. The van der Waals surface area contributed by atoms with E-state index in [0.29, 0.717) is 32.9 Å². The Morgan fingerprint density at radius 3 is 2.41 bits per heavy atom. The molecule has 2 aliphatic heterocycles. The van der Waals surface area contributed by atoms with Gasteiger partial charge in [-0.2, -0.15) is 0 Å². The Kier molecular flexibility index (Phi) is 4.80. The number of anilines is 1. The summed E-state index contributed by atoms with van der Waals surface area (Å²) in [5, 5.41) is 0.605. The minimum atomic E-state index is -0.203. The van der Waals surface area contributed by atoms with E-state index in [4.69, 9.17) is 23.8 Å². The summed E-state index contributed by atoms with van der Waals surface area (Å²) in [6.45, 7) is 2.69. The van der Waals surface area contributed by atoms with Gasteiger partial charge in [-0.1, -0.05) is 72.0 Å². The van der Waals surface area contributed by atoms with Crippen molar-refractivity contribution in [2.24, 2.45) is 0 Å². The normalized spacial score (nSPS) is 19.3. The zero-order valence-electron chi connectivity index (χ0n) is 14.4. The number of carbonyl (C=O) groups is 2. The fourth-order valence-electron chi connectivity index (χ4n) is 3.28. The lowest BCUT2D eigenvalue weighted by Crippen LogP contribution is -2.29. The van der Waals surface area contributed by atoms with Crippen molar-refractivity contribution in [3.63, 3.8) is 0 Å². The molecule has 0 aromatic heterocycles. The number of carbonyl (C=O) groups excluding carboxylic acids is 2. The van der Waals surface area contributed by atoms with Crippen LogP contribution < -0.4 is 4.90 Å². The smallest absolute Gasteiger partial charge is 0.266 e. The first kappa shape index (κ1) is 18.2. The molecule has 0 unspecified atom stereocenters. The molecule has 1 fully saturated rings. The molecule has 0 spiro atoms. The number of fused-ring (bicyclic) bond motifs is 1. The Morgan fingerprint density at radius 1 is 1.00 bits per heavy atom. The number of halogens is 1. The topological polar surface area (TPSA) is 40.6 Å². The lowest BCUT2D eigenvalue weighted by atomic mass is 10.1. The standard InChI is InChI=1S/C20H15ClN2O2S2/c1-2-22-19(25)17(27-20(22)26)16-13-8-4-6-10-15(13)23(18(16)24)11-12-7-3-5-9-14(12)21/h3-10H,2,11H2,1H3. The Morgan fingerprint density at radius 2 is 1.70 bits per heavy atom. The molecule has 4 rings (SSSR count). The van der Waals surface area contributed by atoms with Gasteiger partial charge in [-0.05, 0) is 24.6 Å². The van der Waals surface area contributed by atoms with E-state index >= 15 is 0 Å². The number of hydrogen-bond acceptors (Lipinski definition) is 4. The van der Waals surface area contributed by atoms with Crippen LogP contribution >= 0.6 is 35.6 Å². The summed E-state index contributed by atoms with van der Waals surface area (Å²) in [7, 11) is 0. The highest BCUT2D eigenvalue weighted by atomic mass is 35.5. The van der Waals surface area contributed by atoms with E-state index in [2.05, 4.69) is 0 Å². The number of benzene rings is 2. The van der Waals surface area contributed by atoms with Crippen molar-refractivity contribution in [2.45, 2.75) is 13.5 Å². The molecule has 0 N–H and O–H groups in total. The maximum atomic E-state index is 13.3. The molecule has 0 aliphatic carbocycles. The number of para-hydroxylation sites is 1. The van der Waals surface area contributed by atoms with Crippen molar-refractivity contribution in [3.05, 3.63) is 69.6 Å². The molecule has 2 aliphatic rings. The van der Waals surface area contributed by atoms with Crippen LogP contribution in [0.4, 0.5) is 5.69 Å². The number of hydrogen-bond donors (Lipinski definition) is 0. The van der Waals surface area contributed by atoms with Crippen LogP contribution in [0.25, 0.3) is 5.57 Å². The van der Waals surface area contributed by atoms with Gasteiger partial charge in [0, 0.05) is 17.1 Å². The zero-order valence-corrected chi connectivity index (χ0v) is 16.8. The molecular formula is C20H15ClN2O2S2. The first-order valence-electron chi connectivity index (χ1n) is 8.45. The summed E-state index contributed by atoms with van der Waals surface area (Å²) < 4.78 is 0.486. The molecule has 2 aromatic rings. The zero-order chi connectivity index (χ0) is 19.1. The molecule has 2 heterocycles. The highest BCUT2D eigenvalue weighted by molar-refractivity contribution is 8.26. The van der Waals surface area contributed by atoms with Crippen molar-refractivity contribution in [1.82, 2.24) is 4.90 Å². The molecule has 1 saturated heterocycles. The van der Waals surface area contributed by atoms with Crippen molar-refractivity contribution in [3.8, 4) is 0 Å². The van der Waals surface area contributed by atoms with Crippen molar-refractivity contribution < 1.29 is 9.59 Å². The van der Waals surface area contributed by atoms with Gasteiger partial charge in [-0.15, -0.1) is 0 Å². The van der Waals surface area contributed by atoms with Gasteiger partial charge in [-0.3, -0.25) is 14.5 Å². The Labute approximate surface area is 171 Å². The number of thiocarbonyl (C=S) groups is 1. The molecule has 7 heteroatoms. The molecule has 136 valence electrons. The lowest BCUT2D eigenvalue weighted by Gasteiger charge is -2.18. The van der Waals surface area contributed by atoms with Crippen molar-refractivity contribution in [2.75, 3.05) is 11.4 Å². The van der Waals surface area contributed by atoms with Gasteiger partial charge < -0.3 is 4.90 Å². The second-order valence-electron chi connectivity index (χ2n) is 6.12. The van der Waals surface area contributed by atoms with E-state index in [9.17, 15) is 9.59 Å². The molecule has 0 saturated carbocycles. The third kappa shape index (κ3) is 2.98. The minimum Gasteiger partial charge on any atom is -0.303 e. The molecule has 27 heavy (non-hydrogen) atoms. The molecule has 0 atom stereocenters. The Hall–Kier alpha value is -2.15. The van der Waals surface area contributed by atoms with Crippen molar-refractivity contribution >= 4 is 63.0 Å². The summed E-state index contributed by atoms with van der Waals surface area (Å²) in [5.41, 5.74) is 2.81. The van der Waals surface area contributed by atoms with Crippen LogP contribution in [0.3, 0.4) is 0 Å². The van der Waals surface area contributed by atoms with Gasteiger partial charge in [0.25, 0.3) is 11.8 Å². The molecular weight excluding hydrogens is 400 g/mol. The Bertz CT molecular complexity index is 1020. The predicted octanol–water partition coefficient (Wildman–Crippen LogP) is 4.48. The maximum absolute atomic E-state index is 13.3. The van der Waals surface area contributed by atoms with Gasteiger partial charge >= 0.3 is 0 Å². The number of rotatable bonds is 3. The first-order valence-corrected chi connectivity index (χ1v) is 10.1. The summed E-state index contributed by atoms with van der Waals surface area (Å²) in [6, 6.07) is 14.9. The molecule has 0 bridgehead atoms. The van der Waals surface area contributed by atoms with Crippen LogP contribution in [-0.4, -0.2) is 27.6 Å². The van der Waals surface area contributed by atoms with Crippen molar-refractivity contribution in [1.29, 1.82) is 0 Å².